The lowest BCUT2D eigenvalue weighted by Gasteiger charge is -2.31. The van der Waals surface area contributed by atoms with Crippen LogP contribution in [0, 0.1) is 11.3 Å². The van der Waals surface area contributed by atoms with E-state index in [9.17, 15) is 9.59 Å². The Labute approximate surface area is 154 Å². The fourth-order valence-corrected chi connectivity index (χ4v) is 4.23. The highest BCUT2D eigenvalue weighted by Gasteiger charge is 2.54. The summed E-state index contributed by atoms with van der Waals surface area (Å²) in [6.45, 7) is 9.23. The molecule has 26 heavy (non-hydrogen) atoms. The van der Waals surface area contributed by atoms with Gasteiger partial charge in [-0.05, 0) is 33.6 Å². The molecule has 0 aromatic carbocycles. The molecule has 3 rings (SSSR count). The number of carbonyl (C=O) groups is 2. The van der Waals surface area contributed by atoms with Gasteiger partial charge < -0.3 is 9.64 Å². The highest BCUT2D eigenvalue weighted by molar-refractivity contribution is 5.92. The number of esters is 1. The van der Waals surface area contributed by atoms with Gasteiger partial charge in [0, 0.05) is 50.5 Å². The van der Waals surface area contributed by atoms with Crippen LogP contribution in [0.1, 0.15) is 44.1 Å². The van der Waals surface area contributed by atoms with Crippen molar-refractivity contribution in [2.24, 2.45) is 11.3 Å². The van der Waals surface area contributed by atoms with Gasteiger partial charge in [0.2, 0.25) is 0 Å². The lowest BCUT2D eigenvalue weighted by molar-refractivity contribution is -0.157. The van der Waals surface area contributed by atoms with E-state index >= 15 is 0 Å². The molecule has 142 valence electrons. The lowest BCUT2D eigenvalue weighted by Crippen LogP contribution is -2.43. The largest absolute Gasteiger partial charge is 0.466 e. The summed E-state index contributed by atoms with van der Waals surface area (Å²) in [5.74, 6) is -0.144. The first-order valence-electron chi connectivity index (χ1n) is 9.44. The lowest BCUT2D eigenvalue weighted by atomic mass is 9.75. The normalized spacial score (nSPS) is 26.5. The van der Waals surface area contributed by atoms with Gasteiger partial charge >= 0.3 is 5.97 Å². The van der Waals surface area contributed by atoms with Gasteiger partial charge in [-0.3, -0.25) is 19.5 Å². The number of hydrogen-bond donors (Lipinski definition) is 0. The van der Waals surface area contributed by atoms with Gasteiger partial charge in [0.15, 0.2) is 0 Å². The van der Waals surface area contributed by atoms with Crippen molar-refractivity contribution in [3.8, 4) is 0 Å². The van der Waals surface area contributed by atoms with Gasteiger partial charge in [-0.1, -0.05) is 0 Å². The fourth-order valence-electron chi connectivity index (χ4n) is 4.23. The summed E-state index contributed by atoms with van der Waals surface area (Å²) in [4.78, 5) is 38.0. The molecule has 7 nitrogen and oxygen atoms in total. The smallest absolute Gasteiger partial charge is 0.313 e. The molecule has 2 aliphatic rings. The molecule has 0 aliphatic carbocycles. The van der Waals surface area contributed by atoms with Crippen molar-refractivity contribution < 1.29 is 14.3 Å². The molecule has 2 aliphatic heterocycles. The van der Waals surface area contributed by atoms with Crippen molar-refractivity contribution in [2.75, 3.05) is 32.8 Å². The van der Waals surface area contributed by atoms with Gasteiger partial charge in [0.25, 0.3) is 5.91 Å². The molecule has 0 spiro atoms. The van der Waals surface area contributed by atoms with E-state index in [-0.39, 0.29) is 17.8 Å². The van der Waals surface area contributed by atoms with E-state index < -0.39 is 5.41 Å². The average Bonchev–Trinajstić information content (AvgIpc) is 2.91. The molecule has 2 fully saturated rings. The number of rotatable bonds is 4. The van der Waals surface area contributed by atoms with Crippen molar-refractivity contribution in [3.63, 3.8) is 0 Å². The first-order valence-corrected chi connectivity index (χ1v) is 9.44. The molecule has 3 heterocycles. The molecule has 1 amide bonds. The number of fused-ring (bicyclic) bond motifs is 1. The van der Waals surface area contributed by atoms with Gasteiger partial charge in [-0.2, -0.15) is 0 Å². The number of ether oxygens (including phenoxy) is 1. The van der Waals surface area contributed by atoms with Gasteiger partial charge in [0.1, 0.15) is 5.69 Å². The van der Waals surface area contributed by atoms with Crippen LogP contribution in [0.2, 0.25) is 0 Å². The van der Waals surface area contributed by atoms with E-state index in [4.69, 9.17) is 4.74 Å². The van der Waals surface area contributed by atoms with E-state index in [1.807, 2.05) is 11.8 Å². The quantitative estimate of drug-likeness (QED) is 0.759. The van der Waals surface area contributed by atoms with E-state index in [2.05, 4.69) is 28.7 Å². The summed E-state index contributed by atoms with van der Waals surface area (Å²) in [6.07, 6.45) is 6.13. The van der Waals surface area contributed by atoms with Crippen molar-refractivity contribution in [1.82, 2.24) is 19.8 Å². The first kappa shape index (κ1) is 18.8. The number of hydrogen-bond acceptors (Lipinski definition) is 6. The molecule has 1 aromatic heterocycles. The van der Waals surface area contributed by atoms with Crippen molar-refractivity contribution in [3.05, 3.63) is 24.3 Å². The number of carbonyl (C=O) groups excluding carboxylic acids is 2. The van der Waals surface area contributed by atoms with Crippen LogP contribution in [0.5, 0.6) is 0 Å². The second-order valence-corrected chi connectivity index (χ2v) is 7.54. The highest BCUT2D eigenvalue weighted by atomic mass is 16.5. The first-order chi connectivity index (χ1) is 12.5. The summed E-state index contributed by atoms with van der Waals surface area (Å²) in [5, 5.41) is 0. The monoisotopic (exact) mass is 360 g/mol. The number of nitrogens with zero attached hydrogens (tertiary/aromatic N) is 4. The summed E-state index contributed by atoms with van der Waals surface area (Å²) in [5.41, 5.74) is -0.160. The van der Waals surface area contributed by atoms with Crippen LogP contribution in [0.3, 0.4) is 0 Å². The Morgan fingerprint density at radius 3 is 2.81 bits per heavy atom. The Morgan fingerprint density at radius 1 is 1.35 bits per heavy atom. The topological polar surface area (TPSA) is 75.6 Å². The van der Waals surface area contributed by atoms with Crippen molar-refractivity contribution >= 4 is 11.9 Å². The van der Waals surface area contributed by atoms with Gasteiger partial charge in [0.05, 0.1) is 18.2 Å². The second-order valence-electron chi connectivity index (χ2n) is 7.54. The van der Waals surface area contributed by atoms with Crippen LogP contribution in [0.25, 0.3) is 0 Å². The van der Waals surface area contributed by atoms with Gasteiger partial charge in [-0.15, -0.1) is 0 Å². The van der Waals surface area contributed by atoms with E-state index in [0.717, 1.165) is 19.4 Å². The van der Waals surface area contributed by atoms with E-state index in [0.29, 0.717) is 38.0 Å². The van der Waals surface area contributed by atoms with Crippen LogP contribution < -0.4 is 0 Å². The molecule has 0 saturated carbocycles. The van der Waals surface area contributed by atoms with Crippen LogP contribution in [-0.4, -0.2) is 70.5 Å². The molecule has 0 unspecified atom stereocenters. The Balaban J connectivity index is 1.85. The third-order valence-electron chi connectivity index (χ3n) is 5.70. The Bertz CT molecular complexity index is 651. The maximum atomic E-state index is 12.9. The Morgan fingerprint density at radius 2 is 2.15 bits per heavy atom. The van der Waals surface area contributed by atoms with Crippen LogP contribution >= 0.6 is 0 Å². The zero-order chi connectivity index (χ0) is 18.7. The number of amides is 1. The summed E-state index contributed by atoms with van der Waals surface area (Å²) < 4.78 is 5.46. The highest BCUT2D eigenvalue weighted by Crippen LogP contribution is 2.44. The molecular weight excluding hydrogens is 332 g/mol. The van der Waals surface area contributed by atoms with Gasteiger partial charge in [-0.25, -0.2) is 4.98 Å². The zero-order valence-corrected chi connectivity index (χ0v) is 15.9. The Hall–Kier alpha value is -2.02. The number of aromatic nitrogens is 2. The number of likely N-dealkylation sites (tertiary alicyclic amines) is 2. The van der Waals surface area contributed by atoms with Crippen LogP contribution in [0.15, 0.2) is 18.6 Å². The maximum Gasteiger partial charge on any atom is 0.313 e. The summed E-state index contributed by atoms with van der Waals surface area (Å²) in [7, 11) is 0. The second kappa shape index (κ2) is 7.70. The van der Waals surface area contributed by atoms with E-state index in [1.165, 1.54) is 12.4 Å². The third kappa shape index (κ3) is 3.45. The molecule has 2 atom stereocenters. The fraction of sp³-hybridized carbons (Fsp3) is 0.684. The zero-order valence-electron chi connectivity index (χ0n) is 15.9. The predicted molar refractivity (Wildman–Crippen MR) is 96.4 cm³/mol. The minimum absolute atomic E-state index is 0.0760. The molecule has 7 heteroatoms. The molecule has 0 N–H and O–H groups in total. The summed E-state index contributed by atoms with van der Waals surface area (Å²) in [6, 6.07) is 0.359. The van der Waals surface area contributed by atoms with Crippen molar-refractivity contribution in [2.45, 2.75) is 39.7 Å². The standard InChI is InChI=1S/C19H28N4O3/c1-4-26-18(25)19-6-5-9-22(17(24)16-10-20-7-8-21-16)11-15(19)12-23(13-19)14(2)3/h7-8,10,14-15H,4-6,9,11-13H2,1-3H3/t15-,19-/m0/s1. The molecule has 0 radical (unpaired) electrons. The summed E-state index contributed by atoms with van der Waals surface area (Å²) >= 11 is 0. The van der Waals surface area contributed by atoms with Crippen LogP contribution in [-0.2, 0) is 9.53 Å². The van der Waals surface area contributed by atoms with E-state index in [1.54, 1.807) is 6.20 Å². The Kier molecular flexibility index (Phi) is 5.55. The maximum absolute atomic E-state index is 12.9. The third-order valence-corrected chi connectivity index (χ3v) is 5.70. The molecular formula is C19H28N4O3. The molecule has 0 bridgehead atoms. The SMILES string of the molecule is CCOC(=O)[C@]12CCCN(C(=O)c3cnccn3)C[C@H]1CN(C(C)C)C2. The minimum atomic E-state index is -0.516. The predicted octanol–water partition coefficient (Wildman–Crippen LogP) is 1.60. The van der Waals surface area contributed by atoms with Crippen LogP contribution in [0.4, 0.5) is 0 Å². The minimum Gasteiger partial charge on any atom is -0.466 e. The van der Waals surface area contributed by atoms with Crippen molar-refractivity contribution in [1.29, 1.82) is 0 Å². The average molecular weight is 360 g/mol. The molecule has 1 aromatic rings. The molecule has 2 saturated heterocycles.